The smallest absolute Gasteiger partial charge is 0.115 e. The summed E-state index contributed by atoms with van der Waals surface area (Å²) in [5, 5.41) is 13.2. The van der Waals surface area contributed by atoms with Gasteiger partial charge in [-0.05, 0) is 36.5 Å². The predicted octanol–water partition coefficient (Wildman–Crippen LogP) is 3.38. The largest absolute Gasteiger partial charge is 0.508 e. The Kier molecular flexibility index (Phi) is 5.28. The number of piperazine rings is 1. The maximum absolute atomic E-state index is 9.44. The number of nitrogens with one attached hydrogen (secondary N) is 1. The Labute approximate surface area is 129 Å². The zero-order chi connectivity index (χ0) is 15.5. The van der Waals surface area contributed by atoms with Crippen LogP contribution in [-0.2, 0) is 6.54 Å². The minimum absolute atomic E-state index is 0.252. The summed E-state index contributed by atoms with van der Waals surface area (Å²) in [7, 11) is 0. The highest BCUT2D eigenvalue weighted by molar-refractivity contribution is 5.26. The molecule has 1 atom stereocenters. The summed E-state index contributed by atoms with van der Waals surface area (Å²) in [6.45, 7) is 12.3. The van der Waals surface area contributed by atoms with Gasteiger partial charge in [0.05, 0.1) is 0 Å². The molecule has 1 saturated heterocycles. The summed E-state index contributed by atoms with van der Waals surface area (Å²) in [6, 6.07) is 8.22. The van der Waals surface area contributed by atoms with Gasteiger partial charge in [-0.1, -0.05) is 39.8 Å². The van der Waals surface area contributed by atoms with Crippen molar-refractivity contribution in [1.82, 2.24) is 10.2 Å². The first-order valence-corrected chi connectivity index (χ1v) is 8.26. The monoisotopic (exact) mass is 290 g/mol. The molecule has 0 aliphatic carbocycles. The number of hydrogen-bond acceptors (Lipinski definition) is 3. The van der Waals surface area contributed by atoms with E-state index in [4.69, 9.17) is 0 Å². The summed E-state index contributed by atoms with van der Waals surface area (Å²) in [5.74, 6) is 0.984. The van der Waals surface area contributed by atoms with Gasteiger partial charge in [-0.25, -0.2) is 0 Å². The maximum Gasteiger partial charge on any atom is 0.115 e. The van der Waals surface area contributed by atoms with Crippen molar-refractivity contribution in [3.05, 3.63) is 29.8 Å². The highest BCUT2D eigenvalue weighted by Gasteiger charge is 2.37. The van der Waals surface area contributed by atoms with Crippen LogP contribution in [0.4, 0.5) is 0 Å². The lowest BCUT2D eigenvalue weighted by Gasteiger charge is -2.49. The first kappa shape index (κ1) is 16.3. The zero-order valence-electron chi connectivity index (χ0n) is 13.9. The molecule has 1 aliphatic rings. The molecule has 0 aromatic heterocycles. The van der Waals surface area contributed by atoms with Gasteiger partial charge < -0.3 is 10.4 Å². The molecule has 1 aromatic rings. The van der Waals surface area contributed by atoms with Crippen molar-refractivity contribution in [3.8, 4) is 5.75 Å². The van der Waals surface area contributed by atoms with Crippen LogP contribution in [0.5, 0.6) is 5.75 Å². The third kappa shape index (κ3) is 3.78. The van der Waals surface area contributed by atoms with E-state index in [0.717, 1.165) is 19.6 Å². The van der Waals surface area contributed by atoms with Crippen LogP contribution < -0.4 is 5.32 Å². The maximum atomic E-state index is 9.44. The van der Waals surface area contributed by atoms with E-state index in [1.54, 1.807) is 12.1 Å². The van der Waals surface area contributed by atoms with Gasteiger partial charge in [0.15, 0.2) is 0 Å². The van der Waals surface area contributed by atoms with E-state index in [1.807, 2.05) is 12.1 Å². The Morgan fingerprint density at radius 3 is 2.38 bits per heavy atom. The average Bonchev–Trinajstić information content (AvgIpc) is 2.49. The van der Waals surface area contributed by atoms with E-state index < -0.39 is 0 Å². The molecule has 3 nitrogen and oxygen atoms in total. The van der Waals surface area contributed by atoms with Crippen LogP contribution in [0.15, 0.2) is 24.3 Å². The summed E-state index contributed by atoms with van der Waals surface area (Å²) >= 11 is 0. The molecule has 2 rings (SSSR count). The predicted molar refractivity (Wildman–Crippen MR) is 88.5 cm³/mol. The van der Waals surface area contributed by atoms with Gasteiger partial charge in [-0.2, -0.15) is 0 Å². The zero-order valence-corrected chi connectivity index (χ0v) is 13.9. The standard InChI is InChI=1S/C18H30N2O/c1-5-18(6-2)13-20(17(11-19-18)14(3)4)12-15-7-9-16(21)10-8-15/h7-10,14,17,19,21H,5-6,11-13H2,1-4H3. The molecule has 0 bridgehead atoms. The molecule has 118 valence electrons. The Morgan fingerprint density at radius 1 is 1.24 bits per heavy atom. The summed E-state index contributed by atoms with van der Waals surface area (Å²) in [6.07, 6.45) is 2.33. The second kappa shape index (κ2) is 6.80. The van der Waals surface area contributed by atoms with Gasteiger partial charge in [-0.15, -0.1) is 0 Å². The fourth-order valence-electron chi connectivity index (χ4n) is 3.40. The van der Waals surface area contributed by atoms with Crippen molar-refractivity contribution in [2.75, 3.05) is 13.1 Å². The van der Waals surface area contributed by atoms with Gasteiger partial charge in [0.1, 0.15) is 5.75 Å². The molecule has 0 saturated carbocycles. The topological polar surface area (TPSA) is 35.5 Å². The fraction of sp³-hybridized carbons (Fsp3) is 0.667. The molecule has 0 radical (unpaired) electrons. The van der Waals surface area contributed by atoms with Crippen LogP contribution in [-0.4, -0.2) is 34.7 Å². The molecule has 1 unspecified atom stereocenters. The number of benzene rings is 1. The van der Waals surface area contributed by atoms with Crippen LogP contribution in [0.1, 0.15) is 46.1 Å². The van der Waals surface area contributed by atoms with E-state index >= 15 is 0 Å². The highest BCUT2D eigenvalue weighted by Crippen LogP contribution is 2.27. The Hall–Kier alpha value is -1.06. The summed E-state index contributed by atoms with van der Waals surface area (Å²) in [5.41, 5.74) is 1.53. The lowest BCUT2D eigenvalue weighted by Crippen LogP contribution is -2.64. The quantitative estimate of drug-likeness (QED) is 0.872. The fourth-order valence-corrected chi connectivity index (χ4v) is 3.40. The van der Waals surface area contributed by atoms with E-state index in [0.29, 0.717) is 17.7 Å². The lowest BCUT2D eigenvalue weighted by atomic mass is 9.86. The Balaban J connectivity index is 2.15. The summed E-state index contributed by atoms with van der Waals surface area (Å²) < 4.78 is 0. The molecular formula is C18H30N2O. The second-order valence-corrected chi connectivity index (χ2v) is 6.75. The minimum atomic E-state index is 0.252. The van der Waals surface area contributed by atoms with Crippen molar-refractivity contribution < 1.29 is 5.11 Å². The van der Waals surface area contributed by atoms with Crippen molar-refractivity contribution >= 4 is 0 Å². The van der Waals surface area contributed by atoms with Gasteiger partial charge in [0.25, 0.3) is 0 Å². The third-order valence-corrected chi connectivity index (χ3v) is 5.11. The van der Waals surface area contributed by atoms with E-state index in [-0.39, 0.29) is 5.54 Å². The van der Waals surface area contributed by atoms with E-state index in [9.17, 15) is 5.11 Å². The number of hydrogen-bond donors (Lipinski definition) is 2. The molecule has 1 fully saturated rings. The van der Waals surface area contributed by atoms with Gasteiger partial charge in [0, 0.05) is 31.2 Å². The molecule has 0 spiro atoms. The average molecular weight is 290 g/mol. The van der Waals surface area contributed by atoms with Crippen LogP contribution in [0.3, 0.4) is 0 Å². The second-order valence-electron chi connectivity index (χ2n) is 6.75. The first-order valence-electron chi connectivity index (χ1n) is 8.26. The number of aromatic hydroxyl groups is 1. The molecule has 0 amide bonds. The van der Waals surface area contributed by atoms with Crippen LogP contribution >= 0.6 is 0 Å². The van der Waals surface area contributed by atoms with Crippen LogP contribution in [0.25, 0.3) is 0 Å². The molecule has 1 aromatic carbocycles. The minimum Gasteiger partial charge on any atom is -0.508 e. The normalized spacial score (nSPS) is 22.6. The number of nitrogens with zero attached hydrogens (tertiary/aromatic N) is 1. The van der Waals surface area contributed by atoms with Crippen LogP contribution in [0, 0.1) is 5.92 Å². The first-order chi connectivity index (χ1) is 9.99. The van der Waals surface area contributed by atoms with Crippen molar-refractivity contribution in [2.24, 2.45) is 5.92 Å². The Morgan fingerprint density at radius 2 is 1.86 bits per heavy atom. The number of phenolic OH excluding ortho intramolecular Hbond substituents is 1. The van der Waals surface area contributed by atoms with Crippen LogP contribution in [0.2, 0.25) is 0 Å². The van der Waals surface area contributed by atoms with Crippen molar-refractivity contribution in [3.63, 3.8) is 0 Å². The molecule has 2 N–H and O–H groups in total. The SMILES string of the molecule is CCC1(CC)CN(Cc2ccc(O)cc2)C(C(C)C)CN1. The molecule has 21 heavy (non-hydrogen) atoms. The highest BCUT2D eigenvalue weighted by atomic mass is 16.3. The Bertz CT molecular complexity index is 437. The molecule has 1 heterocycles. The number of phenols is 1. The summed E-state index contributed by atoms with van der Waals surface area (Å²) in [4.78, 5) is 2.63. The van der Waals surface area contributed by atoms with E-state index in [2.05, 4.69) is 37.9 Å². The van der Waals surface area contributed by atoms with Gasteiger partial charge in [-0.3, -0.25) is 4.90 Å². The number of rotatable bonds is 5. The van der Waals surface area contributed by atoms with Crippen molar-refractivity contribution in [2.45, 2.75) is 58.7 Å². The third-order valence-electron chi connectivity index (χ3n) is 5.11. The lowest BCUT2D eigenvalue weighted by molar-refractivity contribution is 0.0443. The van der Waals surface area contributed by atoms with E-state index in [1.165, 1.54) is 18.4 Å². The molecule has 1 aliphatic heterocycles. The van der Waals surface area contributed by atoms with Gasteiger partial charge >= 0.3 is 0 Å². The molecule has 3 heteroatoms. The van der Waals surface area contributed by atoms with Crippen molar-refractivity contribution in [1.29, 1.82) is 0 Å². The molecular weight excluding hydrogens is 260 g/mol. The van der Waals surface area contributed by atoms with Gasteiger partial charge in [0.2, 0.25) is 0 Å².